The molecule has 5 nitrogen and oxygen atoms in total. The Labute approximate surface area is 131 Å². The second-order valence-electron chi connectivity index (χ2n) is 5.40. The van der Waals surface area contributed by atoms with Crippen molar-refractivity contribution >= 4 is 11.8 Å². The fraction of sp³-hybridized carbons (Fsp3) is 0.529. The highest BCUT2D eigenvalue weighted by atomic mass is 16.5. The van der Waals surface area contributed by atoms with Gasteiger partial charge in [-0.15, -0.1) is 0 Å². The normalized spacial score (nSPS) is 17.3. The van der Waals surface area contributed by atoms with E-state index in [4.69, 9.17) is 4.74 Å². The molecule has 0 radical (unpaired) electrons. The molecular weight excluding hydrogens is 280 g/mol. The molecule has 120 valence electrons. The first kappa shape index (κ1) is 16.5. The molecule has 0 bridgehead atoms. The van der Waals surface area contributed by atoms with Crippen molar-refractivity contribution in [2.45, 2.75) is 32.8 Å². The van der Waals surface area contributed by atoms with Crippen LogP contribution in [0.15, 0.2) is 24.3 Å². The molecule has 1 saturated heterocycles. The van der Waals surface area contributed by atoms with E-state index in [9.17, 15) is 9.59 Å². The second-order valence-corrected chi connectivity index (χ2v) is 5.40. The Morgan fingerprint density at radius 3 is 2.36 bits per heavy atom. The van der Waals surface area contributed by atoms with E-state index in [0.717, 1.165) is 19.4 Å². The molecule has 1 heterocycles. The SMILES string of the molecule is CCN(CC)C(=O)c1ccc(C(=O)NCC2CCCO2)cc1. The lowest BCUT2D eigenvalue weighted by atomic mass is 10.1. The molecule has 0 aromatic heterocycles. The Kier molecular flexibility index (Phi) is 5.95. The third kappa shape index (κ3) is 4.07. The predicted octanol–water partition coefficient (Wildman–Crippen LogP) is 2.08. The molecule has 0 saturated carbocycles. The standard InChI is InChI=1S/C17H24N2O3/c1-3-19(4-2)17(21)14-9-7-13(8-10-14)16(20)18-12-15-6-5-11-22-15/h7-10,15H,3-6,11-12H2,1-2H3,(H,18,20). The minimum atomic E-state index is -0.127. The monoisotopic (exact) mass is 304 g/mol. The molecule has 0 spiro atoms. The Morgan fingerprint density at radius 1 is 1.18 bits per heavy atom. The number of hydrogen-bond acceptors (Lipinski definition) is 3. The molecule has 1 aromatic carbocycles. The van der Waals surface area contributed by atoms with Crippen LogP contribution in [-0.2, 0) is 4.74 Å². The first-order chi connectivity index (χ1) is 10.7. The van der Waals surface area contributed by atoms with E-state index < -0.39 is 0 Å². The molecule has 5 heteroatoms. The van der Waals surface area contributed by atoms with Gasteiger partial charge in [-0.25, -0.2) is 0 Å². The van der Waals surface area contributed by atoms with Crippen molar-refractivity contribution in [3.63, 3.8) is 0 Å². The Bertz CT molecular complexity index is 503. The van der Waals surface area contributed by atoms with Crippen LogP contribution in [-0.4, -0.2) is 49.1 Å². The van der Waals surface area contributed by atoms with Crippen LogP contribution in [0.25, 0.3) is 0 Å². The summed E-state index contributed by atoms with van der Waals surface area (Å²) in [5, 5.41) is 2.88. The number of nitrogens with zero attached hydrogens (tertiary/aromatic N) is 1. The number of hydrogen-bond donors (Lipinski definition) is 1. The lowest BCUT2D eigenvalue weighted by molar-refractivity contribution is 0.0772. The number of ether oxygens (including phenoxy) is 1. The zero-order valence-electron chi connectivity index (χ0n) is 13.3. The van der Waals surface area contributed by atoms with Gasteiger partial charge in [-0.2, -0.15) is 0 Å². The summed E-state index contributed by atoms with van der Waals surface area (Å²) in [7, 11) is 0. The van der Waals surface area contributed by atoms with Crippen molar-refractivity contribution in [2.24, 2.45) is 0 Å². The smallest absolute Gasteiger partial charge is 0.253 e. The average Bonchev–Trinajstić information content (AvgIpc) is 3.07. The highest BCUT2D eigenvalue weighted by Gasteiger charge is 2.17. The maximum Gasteiger partial charge on any atom is 0.253 e. The summed E-state index contributed by atoms with van der Waals surface area (Å²) in [5.74, 6) is -0.131. The molecule has 1 N–H and O–H groups in total. The van der Waals surface area contributed by atoms with Crippen LogP contribution in [0.5, 0.6) is 0 Å². The largest absolute Gasteiger partial charge is 0.376 e. The van der Waals surface area contributed by atoms with E-state index in [1.807, 2.05) is 13.8 Å². The fourth-order valence-corrected chi connectivity index (χ4v) is 2.57. The first-order valence-corrected chi connectivity index (χ1v) is 7.94. The number of rotatable bonds is 6. The van der Waals surface area contributed by atoms with E-state index in [1.54, 1.807) is 29.2 Å². The Balaban J connectivity index is 1.92. The number of amides is 2. The Hall–Kier alpha value is -1.88. The van der Waals surface area contributed by atoms with Crippen LogP contribution in [0.2, 0.25) is 0 Å². The van der Waals surface area contributed by atoms with Gasteiger partial charge in [-0.05, 0) is 51.0 Å². The van der Waals surface area contributed by atoms with Gasteiger partial charge in [0.05, 0.1) is 6.10 Å². The summed E-state index contributed by atoms with van der Waals surface area (Å²) >= 11 is 0. The summed E-state index contributed by atoms with van der Waals surface area (Å²) in [5.41, 5.74) is 1.17. The van der Waals surface area contributed by atoms with Gasteiger partial charge < -0.3 is 15.0 Å². The van der Waals surface area contributed by atoms with Gasteiger partial charge in [0, 0.05) is 37.4 Å². The van der Waals surface area contributed by atoms with E-state index >= 15 is 0 Å². The van der Waals surface area contributed by atoms with Crippen molar-refractivity contribution < 1.29 is 14.3 Å². The van der Waals surface area contributed by atoms with Crippen molar-refractivity contribution in [1.29, 1.82) is 0 Å². The fourth-order valence-electron chi connectivity index (χ4n) is 2.57. The quantitative estimate of drug-likeness (QED) is 0.875. The number of benzene rings is 1. The molecule has 1 aliphatic heterocycles. The maximum atomic E-state index is 12.2. The zero-order chi connectivity index (χ0) is 15.9. The van der Waals surface area contributed by atoms with Gasteiger partial charge in [-0.3, -0.25) is 9.59 Å². The summed E-state index contributed by atoms with van der Waals surface area (Å²) in [6.07, 6.45) is 2.19. The number of carbonyl (C=O) groups excluding carboxylic acids is 2. The van der Waals surface area contributed by atoms with Crippen molar-refractivity contribution in [2.75, 3.05) is 26.2 Å². The van der Waals surface area contributed by atoms with Crippen LogP contribution < -0.4 is 5.32 Å². The molecule has 1 unspecified atom stereocenters. The minimum Gasteiger partial charge on any atom is -0.376 e. The molecule has 1 atom stereocenters. The zero-order valence-corrected chi connectivity index (χ0v) is 13.3. The maximum absolute atomic E-state index is 12.2. The lowest BCUT2D eigenvalue weighted by Gasteiger charge is -2.18. The summed E-state index contributed by atoms with van der Waals surface area (Å²) in [4.78, 5) is 26.0. The summed E-state index contributed by atoms with van der Waals surface area (Å²) in [6, 6.07) is 6.81. The third-order valence-electron chi connectivity index (χ3n) is 3.96. The predicted molar refractivity (Wildman–Crippen MR) is 85.0 cm³/mol. The molecule has 1 aromatic rings. The molecule has 0 aliphatic carbocycles. The second kappa shape index (κ2) is 7.94. The number of nitrogens with one attached hydrogen (secondary N) is 1. The van der Waals surface area contributed by atoms with Gasteiger partial charge in [0.25, 0.3) is 11.8 Å². The van der Waals surface area contributed by atoms with Gasteiger partial charge >= 0.3 is 0 Å². The van der Waals surface area contributed by atoms with Crippen LogP contribution in [0.4, 0.5) is 0 Å². The molecule has 1 aliphatic rings. The highest BCUT2D eigenvalue weighted by molar-refractivity contribution is 5.97. The van der Waals surface area contributed by atoms with Gasteiger partial charge in [0.1, 0.15) is 0 Å². The summed E-state index contributed by atoms with van der Waals surface area (Å²) < 4.78 is 5.48. The number of carbonyl (C=O) groups is 2. The van der Waals surface area contributed by atoms with Crippen molar-refractivity contribution in [3.05, 3.63) is 35.4 Å². The van der Waals surface area contributed by atoms with Gasteiger partial charge in [0.2, 0.25) is 0 Å². The summed E-state index contributed by atoms with van der Waals surface area (Å²) in [6.45, 7) is 6.59. The van der Waals surface area contributed by atoms with E-state index in [0.29, 0.717) is 30.8 Å². The third-order valence-corrected chi connectivity index (χ3v) is 3.96. The molecular formula is C17H24N2O3. The lowest BCUT2D eigenvalue weighted by Crippen LogP contribution is -2.32. The highest BCUT2D eigenvalue weighted by Crippen LogP contribution is 2.11. The van der Waals surface area contributed by atoms with Crippen LogP contribution in [0.1, 0.15) is 47.4 Å². The van der Waals surface area contributed by atoms with Crippen LogP contribution in [0.3, 0.4) is 0 Å². The van der Waals surface area contributed by atoms with Crippen LogP contribution >= 0.6 is 0 Å². The van der Waals surface area contributed by atoms with Crippen molar-refractivity contribution in [1.82, 2.24) is 10.2 Å². The average molecular weight is 304 g/mol. The van der Waals surface area contributed by atoms with E-state index in [-0.39, 0.29) is 17.9 Å². The molecule has 22 heavy (non-hydrogen) atoms. The first-order valence-electron chi connectivity index (χ1n) is 7.94. The van der Waals surface area contributed by atoms with Gasteiger partial charge in [0.15, 0.2) is 0 Å². The van der Waals surface area contributed by atoms with Crippen LogP contribution in [0, 0.1) is 0 Å². The topological polar surface area (TPSA) is 58.6 Å². The molecule has 1 fully saturated rings. The van der Waals surface area contributed by atoms with Crippen molar-refractivity contribution in [3.8, 4) is 0 Å². The molecule has 2 amide bonds. The Morgan fingerprint density at radius 2 is 1.82 bits per heavy atom. The van der Waals surface area contributed by atoms with Gasteiger partial charge in [-0.1, -0.05) is 0 Å². The van der Waals surface area contributed by atoms with E-state index in [2.05, 4.69) is 5.32 Å². The molecule has 2 rings (SSSR count). The van der Waals surface area contributed by atoms with E-state index in [1.165, 1.54) is 0 Å². The minimum absolute atomic E-state index is 0.00341.